The van der Waals surface area contributed by atoms with Crippen molar-refractivity contribution in [2.45, 2.75) is 125 Å². The van der Waals surface area contributed by atoms with Crippen molar-refractivity contribution in [2.24, 2.45) is 34.5 Å². The van der Waals surface area contributed by atoms with Gasteiger partial charge in [-0.05, 0) is 86.2 Å². The molecule has 1 saturated heterocycles. The van der Waals surface area contributed by atoms with Crippen LogP contribution in [0.2, 0.25) is 0 Å². The Hall–Kier alpha value is -4.24. The SMILES string of the molecule is COc1c(CN2O[C@@H](CNC(=O)CCC(=O)O)[C@@H]([C@H](C)O)[C@H]2C(=O)N[C@H]2C[C@@H](C)C(C)(C)[C@@H](C)[C@@H]2C)cccc1-c1cc(C(=O)N[C@H](CN(C)C)CC(C)(C)C)cc(N(C)C)c1. The second-order valence-electron chi connectivity index (χ2n) is 20.3. The fourth-order valence-electron chi connectivity index (χ4n) is 9.36. The molecule has 2 aromatic rings. The number of carbonyl (C=O) groups is 4. The number of rotatable bonds is 18. The van der Waals surface area contributed by atoms with E-state index in [1.165, 1.54) is 0 Å². The van der Waals surface area contributed by atoms with E-state index in [1.54, 1.807) is 19.1 Å². The fraction of sp³-hybridized carbons (Fsp3) is 0.667. The van der Waals surface area contributed by atoms with Crippen LogP contribution in [0.25, 0.3) is 11.1 Å². The first kappa shape index (κ1) is 50.4. The molecule has 0 radical (unpaired) electrons. The lowest BCUT2D eigenvalue weighted by Crippen LogP contribution is -2.57. The Bertz CT molecular complexity index is 1880. The van der Waals surface area contributed by atoms with Crippen molar-refractivity contribution in [2.75, 3.05) is 53.3 Å². The van der Waals surface area contributed by atoms with Gasteiger partial charge in [-0.2, -0.15) is 5.06 Å². The Labute approximate surface area is 370 Å². The number of aliphatic hydroxyl groups excluding tert-OH is 1. The lowest BCUT2D eigenvalue weighted by Gasteiger charge is -2.50. The molecule has 3 amide bonds. The lowest BCUT2D eigenvalue weighted by atomic mass is 9.58. The van der Waals surface area contributed by atoms with Gasteiger partial charge in [-0.25, -0.2) is 0 Å². The normalized spacial score (nSPS) is 24.9. The van der Waals surface area contributed by atoms with Crippen LogP contribution >= 0.6 is 0 Å². The molecule has 14 heteroatoms. The highest BCUT2D eigenvalue weighted by atomic mass is 16.7. The first-order valence-corrected chi connectivity index (χ1v) is 22.2. The Morgan fingerprint density at radius 1 is 1.03 bits per heavy atom. The van der Waals surface area contributed by atoms with E-state index < -0.39 is 36.0 Å². The first-order chi connectivity index (χ1) is 28.8. The van der Waals surface area contributed by atoms with Crippen molar-refractivity contribution in [1.29, 1.82) is 0 Å². The van der Waals surface area contributed by atoms with Crippen LogP contribution in [0.4, 0.5) is 5.69 Å². The monoisotopic (exact) mass is 865 g/mol. The van der Waals surface area contributed by atoms with Gasteiger partial charge < -0.3 is 40.7 Å². The predicted octanol–water partition coefficient (Wildman–Crippen LogP) is 5.81. The molecule has 4 rings (SSSR count). The third-order valence-electron chi connectivity index (χ3n) is 13.5. The third-order valence-corrected chi connectivity index (χ3v) is 13.5. The van der Waals surface area contributed by atoms with Crippen LogP contribution in [-0.2, 0) is 25.8 Å². The number of methoxy groups -OCH3 is 1. The molecule has 2 fully saturated rings. The van der Waals surface area contributed by atoms with Gasteiger partial charge in [0.25, 0.3) is 5.91 Å². The summed E-state index contributed by atoms with van der Waals surface area (Å²) in [7, 11) is 9.44. The number of nitrogens with zero attached hydrogens (tertiary/aromatic N) is 3. The van der Waals surface area contributed by atoms with Gasteiger partial charge in [-0.1, -0.05) is 73.6 Å². The molecule has 9 atom stereocenters. The van der Waals surface area contributed by atoms with Crippen LogP contribution in [0, 0.1) is 34.5 Å². The van der Waals surface area contributed by atoms with Crippen molar-refractivity contribution in [3.8, 4) is 16.9 Å². The molecule has 1 aliphatic heterocycles. The maximum atomic E-state index is 14.7. The van der Waals surface area contributed by atoms with E-state index in [9.17, 15) is 24.3 Å². The van der Waals surface area contributed by atoms with Gasteiger partial charge in [0.2, 0.25) is 11.8 Å². The highest BCUT2D eigenvalue weighted by Crippen LogP contribution is 2.48. The van der Waals surface area contributed by atoms with Crippen LogP contribution < -0.4 is 25.6 Å². The van der Waals surface area contributed by atoms with E-state index in [0.29, 0.717) is 35.3 Å². The maximum Gasteiger partial charge on any atom is 0.303 e. The zero-order valence-corrected chi connectivity index (χ0v) is 39.8. The second-order valence-corrected chi connectivity index (χ2v) is 20.3. The molecule has 14 nitrogen and oxygen atoms in total. The minimum atomic E-state index is -1.08. The summed E-state index contributed by atoms with van der Waals surface area (Å²) < 4.78 is 6.15. The molecule has 1 saturated carbocycles. The minimum Gasteiger partial charge on any atom is -0.496 e. The zero-order chi connectivity index (χ0) is 46.4. The van der Waals surface area contributed by atoms with Gasteiger partial charge in [0.15, 0.2) is 0 Å². The molecule has 62 heavy (non-hydrogen) atoms. The molecule has 0 spiro atoms. The third kappa shape index (κ3) is 12.7. The molecule has 0 bridgehead atoms. The number of hydrogen-bond donors (Lipinski definition) is 5. The smallest absolute Gasteiger partial charge is 0.303 e. The molecule has 1 heterocycles. The van der Waals surface area contributed by atoms with E-state index >= 15 is 0 Å². The highest BCUT2D eigenvalue weighted by molar-refractivity contribution is 5.97. The number of para-hydroxylation sites is 1. The Balaban J connectivity index is 1.74. The van der Waals surface area contributed by atoms with Crippen LogP contribution in [-0.4, -0.2) is 123 Å². The summed E-state index contributed by atoms with van der Waals surface area (Å²) in [4.78, 5) is 63.1. The number of hydrogen-bond acceptors (Lipinski definition) is 10. The number of benzene rings is 2. The van der Waals surface area contributed by atoms with Crippen molar-refractivity contribution in [3.05, 3.63) is 47.5 Å². The standard InChI is InChI=1S/C48H76N6O8/c1-28-20-38(29(2)30(3)48(28,8)9)51-46(60)43-42(31(4)55)39(25-49-40(56)18-19-41(57)58)62-54(43)26-32-16-15-17-37(44(32)61-14)33-21-34(23-36(22-33)53(12)13)45(59)50-35(27-52(10)11)24-47(5,6)7/h15-17,21-23,28-31,35,38-39,42-43,55H,18-20,24-27H2,1-14H3,(H,49,56)(H,50,59)(H,51,60)(H,57,58)/t28-,29+,30+,31+,35+,38+,39+,42-,43+/m1/s1. The van der Waals surface area contributed by atoms with E-state index in [1.807, 2.05) is 69.5 Å². The van der Waals surface area contributed by atoms with Crippen molar-refractivity contribution >= 4 is 29.4 Å². The van der Waals surface area contributed by atoms with E-state index in [-0.39, 0.29) is 66.6 Å². The average molecular weight is 865 g/mol. The Morgan fingerprint density at radius 3 is 2.29 bits per heavy atom. The lowest BCUT2D eigenvalue weighted by molar-refractivity contribution is -0.176. The zero-order valence-electron chi connectivity index (χ0n) is 39.8. The summed E-state index contributed by atoms with van der Waals surface area (Å²) in [5.41, 5.74) is 3.63. The first-order valence-electron chi connectivity index (χ1n) is 22.2. The van der Waals surface area contributed by atoms with Gasteiger partial charge in [-0.3, -0.25) is 24.0 Å². The average Bonchev–Trinajstić information content (AvgIpc) is 3.54. The number of nitrogens with one attached hydrogen (secondary N) is 3. The number of anilines is 1. The quantitative estimate of drug-likeness (QED) is 0.123. The Kier molecular flexibility index (Phi) is 17.0. The molecule has 1 aliphatic carbocycles. The summed E-state index contributed by atoms with van der Waals surface area (Å²) in [6, 6.07) is 10.4. The summed E-state index contributed by atoms with van der Waals surface area (Å²) in [6.07, 6.45) is -0.748. The molecule has 5 N–H and O–H groups in total. The summed E-state index contributed by atoms with van der Waals surface area (Å²) in [5.74, 6) is -1.35. The van der Waals surface area contributed by atoms with Gasteiger partial charge in [0.05, 0.1) is 26.2 Å². The number of carboxylic acids is 1. The van der Waals surface area contributed by atoms with E-state index in [0.717, 1.165) is 29.7 Å². The number of aliphatic carboxylic acids is 1. The Morgan fingerprint density at radius 2 is 1.71 bits per heavy atom. The van der Waals surface area contributed by atoms with Crippen molar-refractivity contribution in [1.82, 2.24) is 25.9 Å². The van der Waals surface area contributed by atoms with Gasteiger partial charge in [-0.15, -0.1) is 0 Å². The summed E-state index contributed by atoms with van der Waals surface area (Å²) >= 11 is 0. The van der Waals surface area contributed by atoms with Gasteiger partial charge in [0, 0.05) is 74.0 Å². The number of amides is 3. The number of aliphatic hydroxyl groups is 1. The molecule has 346 valence electrons. The number of likely N-dealkylation sites (N-methyl/N-ethyl adjacent to an activating group) is 1. The summed E-state index contributed by atoms with van der Waals surface area (Å²) in [5, 5.41) is 31.5. The highest BCUT2D eigenvalue weighted by Gasteiger charge is 2.51. The van der Waals surface area contributed by atoms with Gasteiger partial charge >= 0.3 is 5.97 Å². The number of hydroxylamine groups is 2. The predicted molar refractivity (Wildman–Crippen MR) is 244 cm³/mol. The number of carbonyl (C=O) groups excluding carboxylic acids is 3. The molecular formula is C48H76N6O8. The van der Waals surface area contributed by atoms with Gasteiger partial charge in [0.1, 0.15) is 17.9 Å². The van der Waals surface area contributed by atoms with Crippen molar-refractivity contribution in [3.63, 3.8) is 0 Å². The maximum absolute atomic E-state index is 14.7. The van der Waals surface area contributed by atoms with E-state index in [4.69, 9.17) is 14.7 Å². The molecule has 2 aliphatic rings. The molecule has 0 aromatic heterocycles. The van der Waals surface area contributed by atoms with E-state index in [2.05, 4.69) is 76.2 Å². The number of carboxylic acid groups (broad SMARTS) is 1. The van der Waals surface area contributed by atoms with Crippen molar-refractivity contribution < 1.29 is 39.0 Å². The molecule has 2 aromatic carbocycles. The number of ether oxygens (including phenoxy) is 1. The topological polar surface area (TPSA) is 173 Å². The van der Waals surface area contributed by atoms with Crippen LogP contribution in [0.1, 0.15) is 104 Å². The summed E-state index contributed by atoms with van der Waals surface area (Å²) in [6.45, 7) is 20.1. The molecular weight excluding hydrogens is 789 g/mol. The minimum absolute atomic E-state index is 0.00489. The van der Waals surface area contributed by atoms with Crippen LogP contribution in [0.15, 0.2) is 36.4 Å². The van der Waals surface area contributed by atoms with Crippen LogP contribution in [0.3, 0.4) is 0 Å². The largest absolute Gasteiger partial charge is 0.496 e. The fourth-order valence-corrected chi connectivity index (χ4v) is 9.36. The molecule has 0 unspecified atom stereocenters. The second kappa shape index (κ2) is 21.0. The van der Waals surface area contributed by atoms with Crippen LogP contribution in [0.5, 0.6) is 5.75 Å².